The van der Waals surface area contributed by atoms with Crippen LogP contribution >= 0.6 is 0 Å². The van der Waals surface area contributed by atoms with E-state index in [-0.39, 0.29) is 5.69 Å². The van der Waals surface area contributed by atoms with Crippen LogP contribution in [0.1, 0.15) is 5.76 Å². The number of aromatic nitrogens is 3. The van der Waals surface area contributed by atoms with Gasteiger partial charge in [-0.1, -0.05) is 0 Å². The summed E-state index contributed by atoms with van der Waals surface area (Å²) in [6.07, 6.45) is 4.31. The van der Waals surface area contributed by atoms with E-state index in [1.807, 2.05) is 0 Å². The van der Waals surface area contributed by atoms with Crippen LogP contribution in [0.2, 0.25) is 0 Å². The molecule has 0 amide bonds. The number of methoxy groups -OCH3 is 1. The standard InChI is InChI=1S/C14H11N5O4/c1-22-10-2-4-12(13(6-10)19(20)21)14-5-3-11(23-14)7-17-18-8-15-16-9-18/h2-9H,1H3/b17-7-. The van der Waals surface area contributed by atoms with Crippen LogP contribution in [0, 0.1) is 10.1 Å². The quantitative estimate of drug-likeness (QED) is 0.406. The number of nitrogens with zero attached hydrogens (tertiary/aromatic N) is 5. The van der Waals surface area contributed by atoms with Gasteiger partial charge >= 0.3 is 0 Å². The van der Waals surface area contributed by atoms with E-state index in [2.05, 4.69) is 15.3 Å². The molecule has 23 heavy (non-hydrogen) atoms. The minimum atomic E-state index is -0.481. The highest BCUT2D eigenvalue weighted by Gasteiger charge is 2.19. The lowest BCUT2D eigenvalue weighted by Crippen LogP contribution is -1.93. The third-order valence-corrected chi connectivity index (χ3v) is 3.02. The summed E-state index contributed by atoms with van der Waals surface area (Å²) < 4.78 is 12.0. The van der Waals surface area contributed by atoms with E-state index >= 15 is 0 Å². The van der Waals surface area contributed by atoms with Crippen LogP contribution in [-0.2, 0) is 0 Å². The third-order valence-electron chi connectivity index (χ3n) is 3.02. The lowest BCUT2D eigenvalue weighted by molar-refractivity contribution is -0.384. The van der Waals surface area contributed by atoms with Gasteiger partial charge in [-0.2, -0.15) is 5.10 Å². The van der Waals surface area contributed by atoms with Crippen LogP contribution in [0.5, 0.6) is 5.75 Å². The van der Waals surface area contributed by atoms with E-state index in [0.717, 1.165) is 0 Å². The zero-order valence-electron chi connectivity index (χ0n) is 12.0. The summed E-state index contributed by atoms with van der Waals surface area (Å²) in [4.78, 5) is 10.7. The summed E-state index contributed by atoms with van der Waals surface area (Å²) >= 11 is 0. The van der Waals surface area contributed by atoms with Crippen LogP contribution in [0.3, 0.4) is 0 Å². The smallest absolute Gasteiger partial charge is 0.284 e. The third kappa shape index (κ3) is 3.07. The highest BCUT2D eigenvalue weighted by Crippen LogP contribution is 2.33. The summed E-state index contributed by atoms with van der Waals surface area (Å²) in [5.74, 6) is 1.21. The molecule has 0 atom stereocenters. The summed E-state index contributed by atoms with van der Waals surface area (Å²) in [5.41, 5.74) is 0.265. The molecule has 0 aliphatic heterocycles. The maximum atomic E-state index is 11.2. The molecule has 0 N–H and O–H groups in total. The van der Waals surface area contributed by atoms with E-state index in [1.165, 1.54) is 36.7 Å². The SMILES string of the molecule is COc1ccc(-c2ccc(/C=N\n3cnnc3)o2)c([N+](=O)[O-])c1. The Labute approximate surface area is 130 Å². The molecule has 116 valence electrons. The van der Waals surface area contributed by atoms with Gasteiger partial charge in [-0.15, -0.1) is 10.2 Å². The average Bonchev–Trinajstić information content (AvgIpc) is 3.23. The van der Waals surface area contributed by atoms with Crippen molar-refractivity contribution in [2.24, 2.45) is 5.10 Å². The van der Waals surface area contributed by atoms with E-state index in [9.17, 15) is 10.1 Å². The Morgan fingerprint density at radius 1 is 1.30 bits per heavy atom. The Morgan fingerprint density at radius 3 is 2.78 bits per heavy atom. The van der Waals surface area contributed by atoms with Gasteiger partial charge in [0.05, 0.1) is 29.9 Å². The van der Waals surface area contributed by atoms with Gasteiger partial charge in [0.25, 0.3) is 5.69 Å². The lowest BCUT2D eigenvalue weighted by atomic mass is 10.1. The summed E-state index contributed by atoms with van der Waals surface area (Å²) in [7, 11) is 1.45. The molecule has 0 spiro atoms. The van der Waals surface area contributed by atoms with Gasteiger partial charge in [0.2, 0.25) is 0 Å². The summed E-state index contributed by atoms with van der Waals surface area (Å²) in [6, 6.07) is 7.87. The Hall–Kier alpha value is -3.49. The van der Waals surface area contributed by atoms with Crippen molar-refractivity contribution in [3.05, 3.63) is 58.9 Å². The molecule has 0 bridgehead atoms. The molecule has 0 aliphatic carbocycles. The van der Waals surface area contributed by atoms with Gasteiger partial charge in [-0.25, -0.2) is 4.68 Å². The first-order valence-corrected chi connectivity index (χ1v) is 6.49. The van der Waals surface area contributed by atoms with Crippen molar-refractivity contribution in [3.63, 3.8) is 0 Å². The molecular weight excluding hydrogens is 302 g/mol. The summed E-state index contributed by atoms with van der Waals surface area (Å²) in [5, 5.41) is 22.5. The number of hydrogen-bond acceptors (Lipinski definition) is 7. The van der Waals surface area contributed by atoms with Crippen LogP contribution in [0.4, 0.5) is 5.69 Å². The second-order valence-corrected chi connectivity index (χ2v) is 4.43. The lowest BCUT2D eigenvalue weighted by Gasteiger charge is -2.03. The fourth-order valence-corrected chi connectivity index (χ4v) is 1.94. The maximum absolute atomic E-state index is 11.2. The van der Waals surface area contributed by atoms with Crippen LogP contribution < -0.4 is 4.74 Å². The van der Waals surface area contributed by atoms with Crippen molar-refractivity contribution in [1.82, 2.24) is 14.9 Å². The fraction of sp³-hybridized carbons (Fsp3) is 0.0714. The molecule has 0 aliphatic rings. The molecule has 9 nitrogen and oxygen atoms in total. The number of hydrogen-bond donors (Lipinski definition) is 0. The van der Waals surface area contributed by atoms with Crippen LogP contribution in [0.25, 0.3) is 11.3 Å². The predicted molar refractivity (Wildman–Crippen MR) is 80.4 cm³/mol. The zero-order valence-corrected chi connectivity index (χ0v) is 12.0. The van der Waals surface area contributed by atoms with Crippen molar-refractivity contribution >= 4 is 11.9 Å². The number of benzene rings is 1. The minimum Gasteiger partial charge on any atom is -0.497 e. The van der Waals surface area contributed by atoms with Crippen molar-refractivity contribution in [3.8, 4) is 17.1 Å². The molecule has 0 unspecified atom stereocenters. The van der Waals surface area contributed by atoms with Gasteiger partial charge in [0.15, 0.2) is 0 Å². The second-order valence-electron chi connectivity index (χ2n) is 4.43. The number of nitro groups is 1. The molecule has 2 heterocycles. The number of ether oxygens (including phenoxy) is 1. The Morgan fingerprint density at radius 2 is 2.09 bits per heavy atom. The molecular formula is C14H11N5O4. The van der Waals surface area contributed by atoms with E-state index in [1.54, 1.807) is 24.3 Å². The maximum Gasteiger partial charge on any atom is 0.284 e. The van der Waals surface area contributed by atoms with Crippen molar-refractivity contribution in [1.29, 1.82) is 0 Å². The van der Waals surface area contributed by atoms with Gasteiger partial charge < -0.3 is 9.15 Å². The van der Waals surface area contributed by atoms with Gasteiger partial charge in [-0.3, -0.25) is 10.1 Å². The molecule has 9 heteroatoms. The highest BCUT2D eigenvalue weighted by atomic mass is 16.6. The Kier molecular flexibility index (Phi) is 3.83. The molecule has 3 aromatic rings. The van der Waals surface area contributed by atoms with E-state index in [4.69, 9.17) is 9.15 Å². The Bertz CT molecular complexity index is 854. The first-order chi connectivity index (χ1) is 11.2. The monoisotopic (exact) mass is 313 g/mol. The molecule has 2 aromatic heterocycles. The normalized spacial score (nSPS) is 11.0. The minimum absolute atomic E-state index is 0.0963. The first kappa shape index (κ1) is 14.4. The molecule has 3 rings (SSSR count). The molecule has 0 radical (unpaired) electrons. The topological polar surface area (TPSA) is 109 Å². The Balaban J connectivity index is 1.92. The van der Waals surface area contributed by atoms with Crippen molar-refractivity contribution < 1.29 is 14.1 Å². The van der Waals surface area contributed by atoms with Crippen LogP contribution in [-0.4, -0.2) is 33.1 Å². The van der Waals surface area contributed by atoms with Crippen molar-refractivity contribution in [2.75, 3.05) is 7.11 Å². The zero-order chi connectivity index (χ0) is 16.2. The average molecular weight is 313 g/mol. The van der Waals surface area contributed by atoms with E-state index in [0.29, 0.717) is 22.8 Å². The molecule has 0 saturated carbocycles. The molecule has 0 saturated heterocycles. The first-order valence-electron chi connectivity index (χ1n) is 6.49. The summed E-state index contributed by atoms with van der Waals surface area (Å²) in [6.45, 7) is 0. The van der Waals surface area contributed by atoms with E-state index < -0.39 is 4.92 Å². The number of nitro benzene ring substituents is 1. The highest BCUT2D eigenvalue weighted by molar-refractivity contribution is 5.79. The largest absolute Gasteiger partial charge is 0.497 e. The van der Waals surface area contributed by atoms with Crippen LogP contribution in [0.15, 0.2) is 52.5 Å². The van der Waals surface area contributed by atoms with Gasteiger partial charge in [0, 0.05) is 0 Å². The fourth-order valence-electron chi connectivity index (χ4n) is 1.94. The van der Waals surface area contributed by atoms with Gasteiger partial charge in [0.1, 0.15) is 29.9 Å². The molecule has 0 fully saturated rings. The second kappa shape index (κ2) is 6.10. The number of furan rings is 1. The predicted octanol–water partition coefficient (Wildman–Crippen LogP) is 2.34. The van der Waals surface area contributed by atoms with Crippen molar-refractivity contribution in [2.45, 2.75) is 0 Å². The number of rotatable bonds is 5. The van der Waals surface area contributed by atoms with Gasteiger partial charge in [-0.05, 0) is 24.3 Å². The molecule has 1 aromatic carbocycles.